The molecule has 0 saturated carbocycles. The molecular weight excluding hydrogens is 392 g/mol. The van der Waals surface area contributed by atoms with Crippen LogP contribution in [0.1, 0.15) is 15.9 Å². The average Bonchev–Trinajstić information content (AvgIpc) is 2.70. The molecule has 1 aromatic carbocycles. The molecular formula is C16H16N4O7S. The van der Waals surface area contributed by atoms with E-state index in [0.29, 0.717) is 0 Å². The van der Waals surface area contributed by atoms with Crippen LogP contribution >= 0.6 is 0 Å². The van der Waals surface area contributed by atoms with E-state index in [9.17, 15) is 18.0 Å². The fraction of sp³-hybridized carbons (Fsp3) is 0.188. The van der Waals surface area contributed by atoms with Gasteiger partial charge in [0.15, 0.2) is 4.99 Å². The van der Waals surface area contributed by atoms with Crippen molar-refractivity contribution < 1.29 is 32.2 Å². The van der Waals surface area contributed by atoms with Gasteiger partial charge >= 0.3 is 12.0 Å². The molecule has 2 amide bonds. The van der Waals surface area contributed by atoms with E-state index < -0.39 is 27.3 Å². The number of ether oxygens (including phenoxy) is 3. The number of nitrogens with zero attached hydrogens (tertiary/aromatic N) is 2. The molecule has 0 saturated heterocycles. The Bertz CT molecular complexity index is 1010. The van der Waals surface area contributed by atoms with Crippen molar-refractivity contribution >= 4 is 33.2 Å². The van der Waals surface area contributed by atoms with E-state index in [1.54, 1.807) is 0 Å². The van der Waals surface area contributed by atoms with E-state index in [0.717, 1.165) is 7.11 Å². The molecule has 2 aromatic rings. The van der Waals surface area contributed by atoms with Crippen molar-refractivity contribution in [1.82, 2.24) is 15.3 Å². The molecule has 0 aliphatic heterocycles. The summed E-state index contributed by atoms with van der Waals surface area (Å²) in [5.41, 5.74) is -0.0780. The first-order chi connectivity index (χ1) is 13.4. The maximum Gasteiger partial charge on any atom is 0.338 e. The first-order valence-electron chi connectivity index (χ1n) is 7.58. The number of hydrogen-bond donors (Lipinski definition) is 2. The van der Waals surface area contributed by atoms with E-state index in [1.807, 2.05) is 0 Å². The van der Waals surface area contributed by atoms with Crippen molar-refractivity contribution in [1.29, 1.82) is 0 Å². The van der Waals surface area contributed by atoms with Crippen LogP contribution in [-0.4, -0.2) is 56.7 Å². The smallest absolute Gasteiger partial charge is 0.338 e. The minimum absolute atomic E-state index is 0.0381. The van der Waals surface area contributed by atoms with E-state index in [4.69, 9.17) is 9.47 Å². The Morgan fingerprint density at radius 1 is 0.964 bits per heavy atom. The number of methoxy groups -OCH3 is 3. The summed E-state index contributed by atoms with van der Waals surface area (Å²) in [6.07, 6.45) is 0. The van der Waals surface area contributed by atoms with E-state index in [2.05, 4.69) is 25.3 Å². The standard InChI is InChI=1S/C16H16N4O7S/c1-25-11-8-12(26-2)18-15(17-11)20-16(22)19-13(28(23)24)9-6-4-5-7-10(9)14(21)27-3/h4-8H,1-3H3,(H2,17,18,19,20,22). The number of urea groups is 1. The van der Waals surface area contributed by atoms with Crippen LogP contribution < -0.4 is 20.1 Å². The molecule has 0 atom stereocenters. The Labute approximate surface area is 161 Å². The minimum Gasteiger partial charge on any atom is -0.481 e. The lowest BCUT2D eigenvalue weighted by molar-refractivity contribution is 0.0600. The molecule has 0 aliphatic rings. The first-order valence-corrected chi connectivity index (χ1v) is 8.66. The number of rotatable bonds is 5. The molecule has 0 radical (unpaired) electrons. The van der Waals surface area contributed by atoms with Gasteiger partial charge in [-0.2, -0.15) is 18.4 Å². The lowest BCUT2D eigenvalue weighted by Gasteiger charge is -2.11. The van der Waals surface area contributed by atoms with Gasteiger partial charge in [-0.05, 0) is 6.07 Å². The van der Waals surface area contributed by atoms with Crippen LogP contribution in [0.5, 0.6) is 11.8 Å². The second-order valence-electron chi connectivity index (χ2n) is 4.96. The van der Waals surface area contributed by atoms with Gasteiger partial charge in [-0.1, -0.05) is 18.2 Å². The molecule has 2 rings (SSSR count). The third kappa shape index (κ3) is 4.94. The summed E-state index contributed by atoms with van der Waals surface area (Å²) in [6.45, 7) is 0. The molecule has 0 bridgehead atoms. The van der Waals surface area contributed by atoms with Crippen LogP contribution in [-0.2, 0) is 15.0 Å². The molecule has 148 valence electrons. The Morgan fingerprint density at radius 3 is 2.04 bits per heavy atom. The molecule has 0 spiro atoms. The Kier molecular flexibility index (Phi) is 6.87. The zero-order chi connectivity index (χ0) is 20.7. The topological polar surface area (TPSA) is 146 Å². The highest BCUT2D eigenvalue weighted by molar-refractivity contribution is 7.73. The van der Waals surface area contributed by atoms with Gasteiger partial charge in [0.1, 0.15) is 0 Å². The van der Waals surface area contributed by atoms with Crippen LogP contribution in [0.15, 0.2) is 30.3 Å². The number of amides is 2. The van der Waals surface area contributed by atoms with Crippen LogP contribution in [0.4, 0.5) is 10.7 Å². The fourth-order valence-corrected chi connectivity index (χ4v) is 2.61. The zero-order valence-electron chi connectivity index (χ0n) is 15.0. The number of hydrogen-bond acceptors (Lipinski definition) is 9. The van der Waals surface area contributed by atoms with Gasteiger partial charge < -0.3 is 14.2 Å². The second-order valence-corrected chi connectivity index (χ2v) is 5.83. The molecule has 1 aromatic heterocycles. The summed E-state index contributed by atoms with van der Waals surface area (Å²) in [7, 11) is 1.00. The summed E-state index contributed by atoms with van der Waals surface area (Å²) in [6, 6.07) is 6.17. The molecule has 1 heterocycles. The van der Waals surface area contributed by atoms with Gasteiger partial charge in [-0.3, -0.25) is 10.6 Å². The van der Waals surface area contributed by atoms with Crippen LogP contribution in [0.25, 0.3) is 0 Å². The highest BCUT2D eigenvalue weighted by Gasteiger charge is 2.19. The monoisotopic (exact) mass is 408 g/mol. The van der Waals surface area contributed by atoms with Crippen molar-refractivity contribution in [2.75, 3.05) is 26.6 Å². The molecule has 0 unspecified atom stereocenters. The van der Waals surface area contributed by atoms with Crippen molar-refractivity contribution in [3.63, 3.8) is 0 Å². The Hall–Kier alpha value is -3.67. The van der Waals surface area contributed by atoms with Crippen LogP contribution in [0, 0.1) is 0 Å². The third-order valence-electron chi connectivity index (χ3n) is 3.29. The van der Waals surface area contributed by atoms with Crippen molar-refractivity contribution in [3.8, 4) is 11.8 Å². The second kappa shape index (κ2) is 9.32. The van der Waals surface area contributed by atoms with Crippen molar-refractivity contribution in [3.05, 3.63) is 41.5 Å². The molecule has 0 fully saturated rings. The predicted molar refractivity (Wildman–Crippen MR) is 98.1 cm³/mol. The summed E-state index contributed by atoms with van der Waals surface area (Å²) < 4.78 is 37.9. The predicted octanol–water partition coefficient (Wildman–Crippen LogP) is 0.459. The number of carbonyl (C=O) groups excluding carboxylic acids is 2. The summed E-state index contributed by atoms with van der Waals surface area (Å²) in [4.78, 5) is 31.4. The average molecular weight is 408 g/mol. The third-order valence-corrected chi connectivity index (χ3v) is 3.95. The number of benzene rings is 1. The fourth-order valence-electron chi connectivity index (χ4n) is 2.07. The summed E-state index contributed by atoms with van der Waals surface area (Å²) >= 11 is 0. The van der Waals surface area contributed by atoms with Crippen LogP contribution in [0.2, 0.25) is 0 Å². The molecule has 11 nitrogen and oxygen atoms in total. The molecule has 12 heteroatoms. The van der Waals surface area contributed by atoms with Gasteiger partial charge in [0.25, 0.3) is 0 Å². The van der Waals surface area contributed by atoms with Crippen LogP contribution in [0.3, 0.4) is 0 Å². The lowest BCUT2D eigenvalue weighted by Crippen LogP contribution is -2.37. The quantitative estimate of drug-likeness (QED) is 0.532. The maximum atomic E-state index is 12.3. The molecule has 0 aliphatic carbocycles. The van der Waals surface area contributed by atoms with Gasteiger partial charge in [0.2, 0.25) is 28.0 Å². The highest BCUT2D eigenvalue weighted by Crippen LogP contribution is 2.17. The van der Waals surface area contributed by atoms with E-state index in [1.165, 1.54) is 44.6 Å². The zero-order valence-corrected chi connectivity index (χ0v) is 15.9. The van der Waals surface area contributed by atoms with Gasteiger partial charge in [0, 0.05) is 5.56 Å². The molecule has 28 heavy (non-hydrogen) atoms. The number of aromatic nitrogens is 2. The number of nitrogens with one attached hydrogen (secondary N) is 2. The molecule has 2 N–H and O–H groups in total. The van der Waals surface area contributed by atoms with Gasteiger partial charge in [-0.25, -0.2) is 9.59 Å². The summed E-state index contributed by atoms with van der Waals surface area (Å²) in [5, 5.41) is 4.43. The van der Waals surface area contributed by atoms with E-state index in [-0.39, 0.29) is 28.8 Å². The first kappa shape index (κ1) is 20.6. The number of esters is 1. The van der Waals surface area contributed by atoms with Crippen molar-refractivity contribution in [2.45, 2.75) is 0 Å². The Balaban J connectivity index is 2.32. The van der Waals surface area contributed by atoms with Gasteiger partial charge in [0.05, 0.1) is 33.0 Å². The number of carbonyl (C=O) groups is 2. The maximum absolute atomic E-state index is 12.3. The van der Waals surface area contributed by atoms with E-state index >= 15 is 0 Å². The SMILES string of the molecule is COC(=O)c1ccccc1C(NC(=O)Nc1nc(OC)cc(OC)n1)=S(=O)=O. The number of anilines is 1. The normalized spacial score (nSPS) is 9.82. The highest BCUT2D eigenvalue weighted by atomic mass is 32.2. The minimum atomic E-state index is -2.88. The lowest BCUT2D eigenvalue weighted by atomic mass is 10.1. The summed E-state index contributed by atoms with van der Waals surface area (Å²) in [5.74, 6) is -0.711. The van der Waals surface area contributed by atoms with Gasteiger partial charge in [-0.15, -0.1) is 0 Å². The van der Waals surface area contributed by atoms with Crippen molar-refractivity contribution in [2.24, 2.45) is 0 Å². The largest absolute Gasteiger partial charge is 0.481 e. The Morgan fingerprint density at radius 2 is 1.54 bits per heavy atom.